The highest BCUT2D eigenvalue weighted by Gasteiger charge is 2.21. The van der Waals surface area contributed by atoms with Crippen LogP contribution in [-0.4, -0.2) is 10.1 Å². The van der Waals surface area contributed by atoms with E-state index in [0.717, 1.165) is 17.0 Å². The number of nitrogens with two attached hydrogens (primary N) is 1. The van der Waals surface area contributed by atoms with Gasteiger partial charge in [0, 0.05) is 18.0 Å². The van der Waals surface area contributed by atoms with Gasteiger partial charge in [-0.05, 0) is 18.4 Å². The monoisotopic (exact) mass is 293 g/mol. The zero-order valence-corrected chi connectivity index (χ0v) is 12.2. The minimum Gasteiger partial charge on any atom is -0.339 e. The molecule has 0 radical (unpaired) electrons. The number of halogens is 1. The average Bonchev–Trinajstić information content (AvgIpc) is 2.98. The molecule has 1 aliphatic carbocycles. The maximum absolute atomic E-state index is 5.59. The first-order valence-corrected chi connectivity index (χ1v) is 7.00. The molecule has 2 N–H and O–H groups in total. The van der Waals surface area contributed by atoms with Crippen LogP contribution in [0.25, 0.3) is 11.4 Å². The first-order chi connectivity index (χ1) is 9.36. The van der Waals surface area contributed by atoms with Crippen LogP contribution in [0.2, 0.25) is 0 Å². The predicted octanol–water partition coefficient (Wildman–Crippen LogP) is 3.66. The van der Waals surface area contributed by atoms with Crippen LogP contribution < -0.4 is 5.73 Å². The zero-order chi connectivity index (χ0) is 13.1. The van der Waals surface area contributed by atoms with Gasteiger partial charge < -0.3 is 10.3 Å². The third-order valence-electron chi connectivity index (χ3n) is 3.84. The van der Waals surface area contributed by atoms with Gasteiger partial charge in [-0.1, -0.05) is 48.7 Å². The van der Waals surface area contributed by atoms with Crippen molar-refractivity contribution in [2.45, 2.75) is 44.6 Å². The van der Waals surface area contributed by atoms with Crippen LogP contribution in [0.1, 0.15) is 49.5 Å². The molecule has 2 aromatic rings. The van der Waals surface area contributed by atoms with Gasteiger partial charge in [0.15, 0.2) is 0 Å². The second-order valence-corrected chi connectivity index (χ2v) is 5.19. The van der Waals surface area contributed by atoms with Crippen molar-refractivity contribution in [3.63, 3.8) is 0 Å². The summed E-state index contributed by atoms with van der Waals surface area (Å²) in [7, 11) is 0. The largest absolute Gasteiger partial charge is 0.339 e. The van der Waals surface area contributed by atoms with Crippen LogP contribution >= 0.6 is 12.4 Å². The lowest BCUT2D eigenvalue weighted by Crippen LogP contribution is -2.04. The van der Waals surface area contributed by atoms with Gasteiger partial charge in [0.05, 0.1) is 0 Å². The summed E-state index contributed by atoms with van der Waals surface area (Å²) in [6.07, 6.45) is 6.22. The van der Waals surface area contributed by atoms with E-state index < -0.39 is 0 Å². The third kappa shape index (κ3) is 3.19. The summed E-state index contributed by atoms with van der Waals surface area (Å²) in [4.78, 5) is 4.55. The van der Waals surface area contributed by atoms with Crippen molar-refractivity contribution in [3.05, 3.63) is 35.7 Å². The Hall–Kier alpha value is -1.39. The summed E-state index contributed by atoms with van der Waals surface area (Å²) in [6.45, 7) is 0.555. The first kappa shape index (κ1) is 15.0. The van der Waals surface area contributed by atoms with E-state index >= 15 is 0 Å². The average molecular weight is 294 g/mol. The molecule has 3 rings (SSSR count). The number of benzene rings is 1. The van der Waals surface area contributed by atoms with E-state index in [-0.39, 0.29) is 12.4 Å². The van der Waals surface area contributed by atoms with Crippen LogP contribution in [0.3, 0.4) is 0 Å². The zero-order valence-electron chi connectivity index (χ0n) is 11.4. The lowest BCUT2D eigenvalue weighted by atomic mass is 9.89. The molecule has 0 aliphatic heterocycles. The van der Waals surface area contributed by atoms with Gasteiger partial charge in [-0.25, -0.2) is 0 Å². The van der Waals surface area contributed by atoms with Gasteiger partial charge in [0.2, 0.25) is 11.7 Å². The van der Waals surface area contributed by atoms with Crippen molar-refractivity contribution >= 4 is 12.4 Å². The molecule has 0 spiro atoms. The molecule has 1 aromatic carbocycles. The fourth-order valence-electron chi connectivity index (χ4n) is 2.66. The Bertz CT molecular complexity index is 532. The van der Waals surface area contributed by atoms with Gasteiger partial charge in [0.1, 0.15) is 0 Å². The Balaban J connectivity index is 0.00000147. The van der Waals surface area contributed by atoms with Crippen LogP contribution in [0, 0.1) is 0 Å². The van der Waals surface area contributed by atoms with Crippen molar-refractivity contribution < 1.29 is 4.52 Å². The second-order valence-electron chi connectivity index (χ2n) is 5.19. The summed E-state index contributed by atoms with van der Waals surface area (Å²) < 4.78 is 5.43. The lowest BCUT2D eigenvalue weighted by molar-refractivity contribution is 0.314. The molecule has 20 heavy (non-hydrogen) atoms. The van der Waals surface area contributed by atoms with E-state index in [9.17, 15) is 0 Å². The fraction of sp³-hybridized carbons (Fsp3) is 0.467. The Labute approximate surface area is 125 Å². The summed E-state index contributed by atoms with van der Waals surface area (Å²) >= 11 is 0. The minimum absolute atomic E-state index is 0. The van der Waals surface area contributed by atoms with Crippen LogP contribution in [0.15, 0.2) is 28.8 Å². The molecule has 0 unspecified atom stereocenters. The van der Waals surface area contributed by atoms with Crippen molar-refractivity contribution in [1.82, 2.24) is 10.1 Å². The molecule has 108 valence electrons. The molecule has 4 nitrogen and oxygen atoms in total. The van der Waals surface area contributed by atoms with Crippen molar-refractivity contribution in [2.24, 2.45) is 5.73 Å². The highest BCUT2D eigenvalue weighted by Crippen LogP contribution is 2.32. The molecule has 1 saturated carbocycles. The van der Waals surface area contributed by atoms with E-state index in [1.807, 2.05) is 24.3 Å². The Morgan fingerprint density at radius 3 is 2.45 bits per heavy atom. The smallest absolute Gasteiger partial charge is 0.230 e. The molecular weight excluding hydrogens is 274 g/mol. The molecule has 0 saturated heterocycles. The molecule has 1 aliphatic rings. The number of hydrogen-bond donors (Lipinski definition) is 1. The molecule has 0 atom stereocenters. The van der Waals surface area contributed by atoms with Gasteiger partial charge in [0.25, 0.3) is 0 Å². The highest BCUT2D eigenvalue weighted by molar-refractivity contribution is 5.85. The molecule has 0 bridgehead atoms. The lowest BCUT2D eigenvalue weighted by Gasteiger charge is -2.17. The molecular formula is C15H20ClN3O. The molecule has 1 fully saturated rings. The van der Waals surface area contributed by atoms with Crippen molar-refractivity contribution in [1.29, 1.82) is 0 Å². The standard InChI is InChI=1S/C15H19N3O.ClH/c16-10-11-6-8-12(9-7-11)14-17-15(19-18-14)13-4-2-1-3-5-13;/h6-9,13H,1-5,10,16H2;1H. The molecule has 5 heteroatoms. The Morgan fingerprint density at radius 1 is 1.10 bits per heavy atom. The topological polar surface area (TPSA) is 64.9 Å². The van der Waals surface area contributed by atoms with Crippen molar-refractivity contribution in [2.75, 3.05) is 0 Å². The number of rotatable bonds is 3. The van der Waals surface area contributed by atoms with Crippen molar-refractivity contribution in [3.8, 4) is 11.4 Å². The fourth-order valence-corrected chi connectivity index (χ4v) is 2.66. The van der Waals surface area contributed by atoms with E-state index in [2.05, 4.69) is 10.1 Å². The number of aromatic nitrogens is 2. The van der Waals surface area contributed by atoms with Gasteiger partial charge >= 0.3 is 0 Å². The normalized spacial score (nSPS) is 15.8. The first-order valence-electron chi connectivity index (χ1n) is 7.00. The summed E-state index contributed by atoms with van der Waals surface area (Å²) in [5, 5.41) is 4.10. The van der Waals surface area contributed by atoms with E-state index in [1.165, 1.54) is 32.1 Å². The van der Waals surface area contributed by atoms with Gasteiger partial charge in [-0.3, -0.25) is 0 Å². The highest BCUT2D eigenvalue weighted by atomic mass is 35.5. The SMILES string of the molecule is Cl.NCc1ccc(-c2noc(C3CCCCC3)n2)cc1. The number of nitrogens with zero attached hydrogens (tertiary/aromatic N) is 2. The van der Waals surface area contributed by atoms with E-state index in [4.69, 9.17) is 10.3 Å². The summed E-state index contributed by atoms with van der Waals surface area (Å²) in [6, 6.07) is 8.01. The predicted molar refractivity (Wildman–Crippen MR) is 80.7 cm³/mol. The Kier molecular flexibility index (Phi) is 5.15. The second kappa shape index (κ2) is 6.86. The summed E-state index contributed by atoms with van der Waals surface area (Å²) in [5.41, 5.74) is 7.69. The Morgan fingerprint density at radius 2 is 1.80 bits per heavy atom. The molecule has 0 amide bonds. The quantitative estimate of drug-likeness (QED) is 0.938. The van der Waals surface area contributed by atoms with E-state index in [0.29, 0.717) is 18.3 Å². The van der Waals surface area contributed by atoms with E-state index in [1.54, 1.807) is 0 Å². The van der Waals surface area contributed by atoms with Crippen LogP contribution in [0.5, 0.6) is 0 Å². The molecule has 1 aromatic heterocycles. The maximum atomic E-state index is 5.59. The van der Waals surface area contributed by atoms with Gasteiger partial charge in [-0.15, -0.1) is 12.4 Å². The maximum Gasteiger partial charge on any atom is 0.230 e. The summed E-state index contributed by atoms with van der Waals surface area (Å²) in [5.74, 6) is 1.94. The van der Waals surface area contributed by atoms with Crippen LogP contribution in [0.4, 0.5) is 0 Å². The number of hydrogen-bond acceptors (Lipinski definition) is 4. The van der Waals surface area contributed by atoms with Gasteiger partial charge in [-0.2, -0.15) is 4.98 Å². The minimum atomic E-state index is 0. The third-order valence-corrected chi connectivity index (χ3v) is 3.84. The van der Waals surface area contributed by atoms with Crippen LogP contribution in [-0.2, 0) is 6.54 Å². The molecule has 1 heterocycles.